The molecule has 1 atom stereocenters. The molecule has 0 spiro atoms. The van der Waals surface area contributed by atoms with Crippen molar-refractivity contribution < 1.29 is 9.53 Å². The van der Waals surface area contributed by atoms with E-state index in [-0.39, 0.29) is 18.5 Å². The fraction of sp³-hybridized carbons (Fsp3) is 0.200. The van der Waals surface area contributed by atoms with Crippen molar-refractivity contribution >= 4 is 28.9 Å². The Morgan fingerprint density at radius 3 is 2.39 bits per heavy atom. The lowest BCUT2D eigenvalue weighted by atomic mass is 9.98. The third-order valence-corrected chi connectivity index (χ3v) is 5.67. The minimum atomic E-state index is -0.175. The van der Waals surface area contributed by atoms with Gasteiger partial charge >= 0.3 is 0 Å². The molecular formula is C25H24ClN3O2. The zero-order valence-corrected chi connectivity index (χ0v) is 18.3. The molecule has 1 amide bonds. The fourth-order valence-electron chi connectivity index (χ4n) is 3.69. The number of methoxy groups -OCH3 is 1. The molecule has 3 aromatic rings. The van der Waals surface area contributed by atoms with Crippen LogP contribution < -0.4 is 9.64 Å². The molecule has 1 aliphatic heterocycles. The Kier molecular flexibility index (Phi) is 6.23. The third-order valence-electron chi connectivity index (χ3n) is 5.41. The van der Waals surface area contributed by atoms with Gasteiger partial charge in [-0.1, -0.05) is 41.9 Å². The monoisotopic (exact) mass is 433 g/mol. The van der Waals surface area contributed by atoms with Crippen LogP contribution in [-0.4, -0.2) is 37.3 Å². The number of likely N-dealkylation sites (N-methyl/N-ethyl adjacent to an activating group) is 1. The number of para-hydroxylation sites is 1. The molecule has 1 aliphatic rings. The van der Waals surface area contributed by atoms with E-state index in [9.17, 15) is 4.79 Å². The van der Waals surface area contributed by atoms with Gasteiger partial charge < -0.3 is 9.64 Å². The second-order valence-electron chi connectivity index (χ2n) is 7.48. The average Bonchev–Trinajstić information content (AvgIpc) is 3.26. The minimum Gasteiger partial charge on any atom is -0.497 e. The number of carbonyl (C=O) groups excluding carboxylic acids is 1. The molecule has 1 heterocycles. The maximum Gasteiger partial charge on any atom is 0.262 e. The summed E-state index contributed by atoms with van der Waals surface area (Å²) in [7, 11) is 3.55. The largest absolute Gasteiger partial charge is 0.497 e. The van der Waals surface area contributed by atoms with E-state index >= 15 is 0 Å². The van der Waals surface area contributed by atoms with Crippen molar-refractivity contribution in [2.75, 3.05) is 25.6 Å². The van der Waals surface area contributed by atoms with Gasteiger partial charge in [0.05, 0.1) is 25.4 Å². The highest BCUT2D eigenvalue weighted by atomic mass is 35.5. The summed E-state index contributed by atoms with van der Waals surface area (Å²) in [5.74, 6) is 0.726. The van der Waals surface area contributed by atoms with Crippen LogP contribution in [0.1, 0.15) is 23.6 Å². The minimum absolute atomic E-state index is 0.0604. The van der Waals surface area contributed by atoms with E-state index in [0.29, 0.717) is 11.4 Å². The Morgan fingerprint density at radius 1 is 1.06 bits per heavy atom. The topological polar surface area (TPSA) is 45.1 Å². The molecule has 0 N–H and O–H groups in total. The lowest BCUT2D eigenvalue weighted by Crippen LogP contribution is -2.36. The van der Waals surface area contributed by atoms with Crippen LogP contribution in [0.3, 0.4) is 0 Å². The fourth-order valence-corrected chi connectivity index (χ4v) is 3.82. The number of nitrogens with zero attached hydrogens (tertiary/aromatic N) is 3. The van der Waals surface area contributed by atoms with Crippen LogP contribution in [-0.2, 0) is 4.79 Å². The smallest absolute Gasteiger partial charge is 0.262 e. The van der Waals surface area contributed by atoms with Crippen LogP contribution in [0.15, 0.2) is 84.0 Å². The van der Waals surface area contributed by atoms with E-state index in [2.05, 4.69) is 0 Å². The number of amides is 1. The number of hydrazone groups is 1. The Hall–Kier alpha value is -3.31. The molecule has 0 aliphatic carbocycles. The average molecular weight is 434 g/mol. The maximum atomic E-state index is 13.3. The molecule has 4 rings (SSSR count). The number of benzene rings is 3. The van der Waals surface area contributed by atoms with Gasteiger partial charge in [-0.15, -0.1) is 0 Å². The Labute approximate surface area is 187 Å². The highest BCUT2D eigenvalue weighted by molar-refractivity contribution is 6.30. The number of halogens is 1. The molecule has 0 saturated heterocycles. The normalized spacial score (nSPS) is 15.5. The summed E-state index contributed by atoms with van der Waals surface area (Å²) in [4.78, 5) is 15.2. The van der Waals surface area contributed by atoms with Crippen molar-refractivity contribution in [2.24, 2.45) is 5.10 Å². The summed E-state index contributed by atoms with van der Waals surface area (Å²) in [6.45, 7) is 0.230. The van der Waals surface area contributed by atoms with E-state index in [1.54, 1.807) is 12.1 Å². The van der Waals surface area contributed by atoms with Gasteiger partial charge in [-0.2, -0.15) is 5.10 Å². The van der Waals surface area contributed by atoms with Crippen LogP contribution >= 0.6 is 11.6 Å². The van der Waals surface area contributed by atoms with Crippen LogP contribution in [0, 0.1) is 0 Å². The molecule has 6 heteroatoms. The molecule has 158 valence electrons. The molecular weight excluding hydrogens is 410 g/mol. The molecule has 0 radical (unpaired) electrons. The number of rotatable bonds is 6. The Morgan fingerprint density at radius 2 is 1.74 bits per heavy atom. The number of anilines is 1. The van der Waals surface area contributed by atoms with Gasteiger partial charge in [0.15, 0.2) is 0 Å². The first kappa shape index (κ1) is 20.9. The number of ether oxygens (including phenoxy) is 1. The lowest BCUT2D eigenvalue weighted by Gasteiger charge is -2.25. The predicted octanol–water partition coefficient (Wildman–Crippen LogP) is 5.16. The summed E-state index contributed by atoms with van der Waals surface area (Å²) in [5.41, 5.74) is 3.84. The highest BCUT2D eigenvalue weighted by Crippen LogP contribution is 2.34. The third kappa shape index (κ3) is 4.72. The molecule has 0 bridgehead atoms. The van der Waals surface area contributed by atoms with Crippen LogP contribution in [0.4, 0.5) is 5.69 Å². The first-order valence-corrected chi connectivity index (χ1v) is 10.5. The Balaban J connectivity index is 1.61. The number of hydrogen-bond donors (Lipinski definition) is 0. The van der Waals surface area contributed by atoms with Crippen LogP contribution in [0.2, 0.25) is 5.02 Å². The van der Waals surface area contributed by atoms with E-state index in [1.165, 1.54) is 0 Å². The second kappa shape index (κ2) is 9.23. The summed E-state index contributed by atoms with van der Waals surface area (Å²) >= 11 is 6.08. The molecule has 3 aromatic carbocycles. The molecule has 1 unspecified atom stereocenters. The van der Waals surface area contributed by atoms with E-state index in [4.69, 9.17) is 21.4 Å². The summed E-state index contributed by atoms with van der Waals surface area (Å²) in [6.07, 6.45) is 0.634. The maximum absolute atomic E-state index is 13.3. The van der Waals surface area contributed by atoms with E-state index < -0.39 is 0 Å². The van der Waals surface area contributed by atoms with Crippen molar-refractivity contribution in [1.29, 1.82) is 0 Å². The predicted molar refractivity (Wildman–Crippen MR) is 125 cm³/mol. The van der Waals surface area contributed by atoms with Gasteiger partial charge in [-0.05, 0) is 59.7 Å². The van der Waals surface area contributed by atoms with Gasteiger partial charge in [-0.25, -0.2) is 5.01 Å². The van der Waals surface area contributed by atoms with Crippen LogP contribution in [0.5, 0.6) is 5.75 Å². The van der Waals surface area contributed by atoms with Gasteiger partial charge in [0.2, 0.25) is 0 Å². The number of carbonyl (C=O) groups is 1. The van der Waals surface area contributed by atoms with Gasteiger partial charge in [-0.3, -0.25) is 4.79 Å². The molecule has 0 fully saturated rings. The van der Waals surface area contributed by atoms with Crippen molar-refractivity contribution in [3.8, 4) is 5.75 Å². The van der Waals surface area contributed by atoms with Gasteiger partial charge in [0.25, 0.3) is 5.91 Å². The first-order valence-electron chi connectivity index (χ1n) is 10.1. The SMILES string of the molecule is COc1ccc(C2=NN(C(=O)CN(C)c3ccccc3)C(c3ccc(Cl)cc3)C2)cc1. The van der Waals surface area contributed by atoms with E-state index in [1.807, 2.05) is 90.8 Å². The summed E-state index contributed by atoms with van der Waals surface area (Å²) in [5, 5.41) is 7.02. The molecule has 5 nitrogen and oxygen atoms in total. The zero-order valence-electron chi connectivity index (χ0n) is 17.5. The van der Waals surface area contributed by atoms with Gasteiger partial charge in [0, 0.05) is 24.2 Å². The number of hydrogen-bond acceptors (Lipinski definition) is 4. The molecule has 0 saturated carbocycles. The lowest BCUT2D eigenvalue weighted by molar-refractivity contribution is -0.131. The van der Waals surface area contributed by atoms with Crippen molar-refractivity contribution in [3.63, 3.8) is 0 Å². The highest BCUT2D eigenvalue weighted by Gasteiger charge is 2.33. The quantitative estimate of drug-likeness (QED) is 0.539. The second-order valence-corrected chi connectivity index (χ2v) is 7.91. The summed E-state index contributed by atoms with van der Waals surface area (Å²) < 4.78 is 5.26. The van der Waals surface area contributed by atoms with Crippen molar-refractivity contribution in [3.05, 3.63) is 95.0 Å². The summed E-state index contributed by atoms with van der Waals surface area (Å²) in [6, 6.07) is 25.1. The van der Waals surface area contributed by atoms with Crippen LogP contribution in [0.25, 0.3) is 0 Å². The van der Waals surface area contributed by atoms with Crippen molar-refractivity contribution in [2.45, 2.75) is 12.5 Å². The molecule has 31 heavy (non-hydrogen) atoms. The van der Waals surface area contributed by atoms with Gasteiger partial charge in [0.1, 0.15) is 5.75 Å². The standard InChI is InChI=1S/C25H24ClN3O2/c1-28(21-6-4-3-5-7-21)17-25(30)29-24(19-8-12-20(26)13-9-19)16-23(27-29)18-10-14-22(31-2)15-11-18/h3-15,24H,16-17H2,1-2H3. The van der Waals surface area contributed by atoms with Crippen molar-refractivity contribution in [1.82, 2.24) is 5.01 Å². The first-order chi connectivity index (χ1) is 15.0. The molecule has 0 aromatic heterocycles. The zero-order chi connectivity index (χ0) is 21.8. The Bertz CT molecular complexity index is 1070. The van der Waals surface area contributed by atoms with E-state index in [0.717, 1.165) is 28.3 Å².